The smallest absolute Gasteiger partial charge is 0.0863 e. The van der Waals surface area contributed by atoms with E-state index in [-0.39, 0.29) is 6.61 Å². The summed E-state index contributed by atoms with van der Waals surface area (Å²) in [5.74, 6) is 0. The first kappa shape index (κ1) is 15.0. The highest BCUT2D eigenvalue weighted by Crippen LogP contribution is 2.29. The number of aliphatic hydroxyl groups is 1. The Morgan fingerprint density at radius 3 is 1.88 bits per heavy atom. The fraction of sp³-hybridized carbons (Fsp3) is 1.00. The van der Waals surface area contributed by atoms with Crippen LogP contribution in [-0.2, 0) is 4.74 Å². The lowest BCUT2D eigenvalue weighted by molar-refractivity contribution is 0.262. The predicted octanol–water partition coefficient (Wildman–Crippen LogP) is 4.06. The Morgan fingerprint density at radius 1 is 0.765 bits per heavy atom. The summed E-state index contributed by atoms with van der Waals surface area (Å²) >= 11 is 0. The average Bonchev–Trinajstić information content (AvgIpc) is 3.06. The molecule has 1 aliphatic rings. The Labute approximate surface area is 107 Å². The van der Waals surface area contributed by atoms with Gasteiger partial charge in [0.1, 0.15) is 0 Å². The molecule has 0 aromatic heterocycles. The molecule has 1 heterocycles. The molecule has 0 saturated carbocycles. The predicted molar refractivity (Wildman–Crippen MR) is 72.2 cm³/mol. The van der Waals surface area contributed by atoms with Gasteiger partial charge < -0.3 is 9.84 Å². The van der Waals surface area contributed by atoms with E-state index in [1.807, 2.05) is 0 Å². The molecule has 102 valence electrons. The standard InChI is InChI=1S/C15H30O2/c1-2-3-4-5-6-7-8-9-10-11-14-15(17-14)12-13-16/h14-16H,2-13H2,1H3. The van der Waals surface area contributed by atoms with E-state index < -0.39 is 0 Å². The third kappa shape index (κ3) is 7.77. The van der Waals surface area contributed by atoms with Crippen LogP contribution in [-0.4, -0.2) is 23.9 Å². The van der Waals surface area contributed by atoms with Crippen LogP contribution in [0.2, 0.25) is 0 Å². The van der Waals surface area contributed by atoms with Crippen molar-refractivity contribution in [2.45, 2.75) is 89.8 Å². The molecule has 0 bridgehead atoms. The topological polar surface area (TPSA) is 32.8 Å². The number of rotatable bonds is 12. The van der Waals surface area contributed by atoms with E-state index in [1.54, 1.807) is 0 Å². The Kier molecular flexibility index (Phi) is 8.72. The van der Waals surface area contributed by atoms with E-state index in [4.69, 9.17) is 9.84 Å². The maximum absolute atomic E-state index is 8.74. The Hall–Kier alpha value is -0.0800. The molecule has 0 aromatic carbocycles. The summed E-state index contributed by atoms with van der Waals surface area (Å²) in [6.07, 6.45) is 15.4. The molecule has 0 spiro atoms. The Bertz CT molecular complexity index is 170. The molecule has 0 radical (unpaired) electrons. The summed E-state index contributed by atoms with van der Waals surface area (Å²) in [6, 6.07) is 0. The van der Waals surface area contributed by atoms with E-state index in [1.165, 1.54) is 64.2 Å². The first-order valence-corrected chi connectivity index (χ1v) is 7.64. The van der Waals surface area contributed by atoms with Crippen molar-refractivity contribution in [2.75, 3.05) is 6.61 Å². The number of ether oxygens (including phenoxy) is 1. The molecule has 1 aliphatic heterocycles. The van der Waals surface area contributed by atoms with Gasteiger partial charge in [0, 0.05) is 6.61 Å². The van der Waals surface area contributed by atoms with Gasteiger partial charge in [0.2, 0.25) is 0 Å². The van der Waals surface area contributed by atoms with Crippen molar-refractivity contribution in [2.24, 2.45) is 0 Å². The monoisotopic (exact) mass is 242 g/mol. The van der Waals surface area contributed by atoms with Gasteiger partial charge >= 0.3 is 0 Å². The maximum atomic E-state index is 8.74. The Morgan fingerprint density at radius 2 is 1.29 bits per heavy atom. The van der Waals surface area contributed by atoms with Crippen LogP contribution in [0, 0.1) is 0 Å². The summed E-state index contributed by atoms with van der Waals surface area (Å²) in [6.45, 7) is 2.54. The van der Waals surface area contributed by atoms with Crippen LogP contribution in [0.1, 0.15) is 77.6 Å². The third-order valence-electron chi connectivity index (χ3n) is 3.69. The molecule has 1 fully saturated rings. The minimum Gasteiger partial charge on any atom is -0.396 e. The second-order valence-electron chi connectivity index (χ2n) is 5.34. The molecule has 1 N–H and O–H groups in total. The van der Waals surface area contributed by atoms with Crippen molar-refractivity contribution in [3.05, 3.63) is 0 Å². The van der Waals surface area contributed by atoms with Crippen LogP contribution in [0.25, 0.3) is 0 Å². The average molecular weight is 242 g/mol. The summed E-state index contributed by atoms with van der Waals surface area (Å²) in [4.78, 5) is 0. The van der Waals surface area contributed by atoms with Gasteiger partial charge in [0.25, 0.3) is 0 Å². The van der Waals surface area contributed by atoms with Crippen LogP contribution >= 0.6 is 0 Å². The second kappa shape index (κ2) is 9.90. The van der Waals surface area contributed by atoms with E-state index >= 15 is 0 Å². The minimum absolute atomic E-state index is 0.277. The zero-order chi connectivity index (χ0) is 12.3. The largest absolute Gasteiger partial charge is 0.396 e. The normalized spacial score (nSPS) is 22.9. The fourth-order valence-electron chi connectivity index (χ4n) is 2.47. The first-order chi connectivity index (χ1) is 8.38. The first-order valence-electron chi connectivity index (χ1n) is 7.64. The van der Waals surface area contributed by atoms with Crippen LogP contribution in [0.15, 0.2) is 0 Å². The zero-order valence-electron chi connectivity index (χ0n) is 11.5. The summed E-state index contributed by atoms with van der Waals surface area (Å²) in [5.41, 5.74) is 0. The fourth-order valence-corrected chi connectivity index (χ4v) is 2.47. The molecule has 2 heteroatoms. The molecule has 1 saturated heterocycles. The van der Waals surface area contributed by atoms with Crippen LogP contribution in [0.4, 0.5) is 0 Å². The van der Waals surface area contributed by atoms with E-state index in [0.29, 0.717) is 12.2 Å². The second-order valence-corrected chi connectivity index (χ2v) is 5.34. The van der Waals surface area contributed by atoms with Gasteiger partial charge in [0.15, 0.2) is 0 Å². The van der Waals surface area contributed by atoms with Crippen molar-refractivity contribution in [3.63, 3.8) is 0 Å². The summed E-state index contributed by atoms with van der Waals surface area (Å²) in [7, 11) is 0. The molecular formula is C15H30O2. The minimum atomic E-state index is 0.277. The van der Waals surface area contributed by atoms with E-state index in [9.17, 15) is 0 Å². The van der Waals surface area contributed by atoms with Gasteiger partial charge in [0.05, 0.1) is 12.2 Å². The number of hydrogen-bond acceptors (Lipinski definition) is 2. The quantitative estimate of drug-likeness (QED) is 0.413. The highest BCUT2D eigenvalue weighted by atomic mass is 16.6. The molecular weight excluding hydrogens is 212 g/mol. The molecule has 0 aliphatic carbocycles. The van der Waals surface area contributed by atoms with Gasteiger partial charge in [-0.3, -0.25) is 0 Å². The number of unbranched alkanes of at least 4 members (excludes halogenated alkanes) is 8. The van der Waals surface area contributed by atoms with Crippen molar-refractivity contribution >= 4 is 0 Å². The lowest BCUT2D eigenvalue weighted by Crippen LogP contribution is -1.96. The number of epoxide rings is 1. The maximum Gasteiger partial charge on any atom is 0.0863 e. The van der Waals surface area contributed by atoms with Gasteiger partial charge in [-0.15, -0.1) is 0 Å². The summed E-state index contributed by atoms with van der Waals surface area (Å²) in [5, 5.41) is 8.74. The highest BCUT2D eigenvalue weighted by molar-refractivity contribution is 4.83. The molecule has 2 nitrogen and oxygen atoms in total. The van der Waals surface area contributed by atoms with Crippen molar-refractivity contribution in [1.82, 2.24) is 0 Å². The summed E-state index contributed by atoms with van der Waals surface area (Å²) < 4.78 is 5.47. The lowest BCUT2D eigenvalue weighted by Gasteiger charge is -2.01. The Balaban J connectivity index is 1.71. The molecule has 0 amide bonds. The van der Waals surface area contributed by atoms with Crippen LogP contribution < -0.4 is 0 Å². The van der Waals surface area contributed by atoms with Crippen LogP contribution in [0.5, 0.6) is 0 Å². The molecule has 1 rings (SSSR count). The van der Waals surface area contributed by atoms with Crippen molar-refractivity contribution in [3.8, 4) is 0 Å². The third-order valence-corrected chi connectivity index (χ3v) is 3.69. The van der Waals surface area contributed by atoms with Crippen molar-refractivity contribution < 1.29 is 9.84 Å². The van der Waals surface area contributed by atoms with Gasteiger partial charge in [-0.1, -0.05) is 64.7 Å². The number of hydrogen-bond donors (Lipinski definition) is 1. The van der Waals surface area contributed by atoms with E-state index in [2.05, 4.69) is 6.92 Å². The van der Waals surface area contributed by atoms with E-state index in [0.717, 1.165) is 6.42 Å². The molecule has 17 heavy (non-hydrogen) atoms. The lowest BCUT2D eigenvalue weighted by atomic mass is 10.0. The molecule has 2 atom stereocenters. The number of aliphatic hydroxyl groups excluding tert-OH is 1. The molecule has 2 unspecified atom stereocenters. The van der Waals surface area contributed by atoms with Gasteiger partial charge in [-0.2, -0.15) is 0 Å². The zero-order valence-corrected chi connectivity index (χ0v) is 11.5. The highest BCUT2D eigenvalue weighted by Gasteiger charge is 2.36. The SMILES string of the molecule is CCCCCCCCCCCC1OC1CCO. The van der Waals surface area contributed by atoms with Crippen LogP contribution in [0.3, 0.4) is 0 Å². The van der Waals surface area contributed by atoms with Gasteiger partial charge in [-0.25, -0.2) is 0 Å². The van der Waals surface area contributed by atoms with Crippen molar-refractivity contribution in [1.29, 1.82) is 0 Å². The molecule has 0 aromatic rings. The van der Waals surface area contributed by atoms with Gasteiger partial charge in [-0.05, 0) is 12.8 Å².